The zero-order valence-electron chi connectivity index (χ0n) is 9.70. The number of carboxylic acid groups (broad SMARTS) is 2. The van der Waals surface area contributed by atoms with Crippen LogP contribution >= 0.6 is 0 Å². The number of carbonyl (C=O) groups excluding carboxylic acids is 1. The van der Waals surface area contributed by atoms with Crippen LogP contribution in [0, 0.1) is 23.7 Å². The van der Waals surface area contributed by atoms with Crippen molar-refractivity contribution in [2.45, 2.75) is 12.8 Å². The first-order valence-corrected chi connectivity index (χ1v) is 5.91. The van der Waals surface area contributed by atoms with Gasteiger partial charge in [0.2, 0.25) is 5.91 Å². The van der Waals surface area contributed by atoms with E-state index in [4.69, 9.17) is 10.2 Å². The first-order chi connectivity index (χ1) is 8.50. The Kier molecular flexibility index (Phi) is 3.36. The molecule has 2 aliphatic rings. The maximum atomic E-state index is 11.9. The predicted octanol–water partition coefficient (Wildman–Crippen LogP) is 0.100. The second-order valence-corrected chi connectivity index (χ2v) is 4.77. The molecule has 6 heteroatoms. The maximum absolute atomic E-state index is 11.9. The minimum absolute atomic E-state index is 0.0269. The van der Waals surface area contributed by atoms with Crippen LogP contribution in [-0.4, -0.2) is 34.6 Å². The van der Waals surface area contributed by atoms with E-state index in [1.165, 1.54) is 0 Å². The Morgan fingerprint density at radius 2 is 1.72 bits per heavy atom. The van der Waals surface area contributed by atoms with Gasteiger partial charge in [-0.3, -0.25) is 14.4 Å². The van der Waals surface area contributed by atoms with E-state index in [0.717, 1.165) is 0 Å². The standard InChI is InChI=1S/C12H15NO5/c14-8(15)3-4-13-11(16)9-6-1-2-7(5-6)10(9)12(17)18/h1-2,6-7,9-10H,3-5H2,(H,13,16)(H,14,15)(H,17,18)/t6?,7?,9-,10+/m0/s1. The smallest absolute Gasteiger partial charge is 0.307 e. The van der Waals surface area contributed by atoms with Gasteiger partial charge in [0, 0.05) is 6.54 Å². The molecule has 1 amide bonds. The Bertz CT molecular complexity index is 417. The van der Waals surface area contributed by atoms with E-state index < -0.39 is 23.8 Å². The monoisotopic (exact) mass is 253 g/mol. The van der Waals surface area contributed by atoms with Crippen molar-refractivity contribution in [3.8, 4) is 0 Å². The highest BCUT2D eigenvalue weighted by molar-refractivity contribution is 5.87. The number of carboxylic acids is 2. The van der Waals surface area contributed by atoms with Crippen LogP contribution in [0.15, 0.2) is 12.2 Å². The van der Waals surface area contributed by atoms with Gasteiger partial charge < -0.3 is 15.5 Å². The maximum Gasteiger partial charge on any atom is 0.307 e. The normalized spacial score (nSPS) is 32.4. The number of fused-ring (bicyclic) bond motifs is 2. The Hall–Kier alpha value is -1.85. The fourth-order valence-corrected chi connectivity index (χ4v) is 2.93. The van der Waals surface area contributed by atoms with Crippen LogP contribution in [-0.2, 0) is 14.4 Å². The number of amides is 1. The van der Waals surface area contributed by atoms with Gasteiger partial charge in [0.1, 0.15) is 0 Å². The van der Waals surface area contributed by atoms with E-state index in [1.54, 1.807) is 0 Å². The summed E-state index contributed by atoms with van der Waals surface area (Å²) in [6.07, 6.45) is 4.31. The molecule has 0 aromatic rings. The van der Waals surface area contributed by atoms with Crippen LogP contribution in [0.25, 0.3) is 0 Å². The molecule has 1 saturated carbocycles. The van der Waals surface area contributed by atoms with Gasteiger partial charge in [-0.25, -0.2) is 0 Å². The molecule has 18 heavy (non-hydrogen) atoms. The lowest BCUT2D eigenvalue weighted by Crippen LogP contribution is -2.40. The number of allylic oxidation sites excluding steroid dienone is 2. The molecule has 2 aliphatic carbocycles. The van der Waals surface area contributed by atoms with Crippen LogP contribution in [0.3, 0.4) is 0 Å². The van der Waals surface area contributed by atoms with Crippen molar-refractivity contribution < 1.29 is 24.6 Å². The van der Waals surface area contributed by atoms with Crippen molar-refractivity contribution >= 4 is 17.8 Å². The topological polar surface area (TPSA) is 104 Å². The summed E-state index contributed by atoms with van der Waals surface area (Å²) in [4.78, 5) is 33.5. The van der Waals surface area contributed by atoms with Gasteiger partial charge in [0.15, 0.2) is 0 Å². The van der Waals surface area contributed by atoms with Gasteiger partial charge in [0.05, 0.1) is 18.3 Å². The summed E-state index contributed by atoms with van der Waals surface area (Å²) in [5, 5.41) is 20.1. The fraction of sp³-hybridized carbons (Fsp3) is 0.583. The van der Waals surface area contributed by atoms with E-state index in [-0.39, 0.29) is 30.7 Å². The molecule has 0 aliphatic heterocycles. The Labute approximate surface area is 104 Å². The number of hydrogen-bond donors (Lipinski definition) is 3. The second kappa shape index (κ2) is 4.80. The summed E-state index contributed by atoms with van der Waals surface area (Å²) < 4.78 is 0. The highest BCUT2D eigenvalue weighted by Gasteiger charge is 2.51. The summed E-state index contributed by atoms with van der Waals surface area (Å²) in [5.74, 6) is -3.62. The SMILES string of the molecule is O=C(O)CCNC(=O)[C@H]1C2C=CC(C2)[C@H]1C(=O)O. The van der Waals surface area contributed by atoms with Crippen LogP contribution in [0.2, 0.25) is 0 Å². The zero-order valence-corrected chi connectivity index (χ0v) is 9.70. The predicted molar refractivity (Wildman–Crippen MR) is 60.6 cm³/mol. The summed E-state index contributed by atoms with van der Waals surface area (Å²) >= 11 is 0. The van der Waals surface area contributed by atoms with Crippen LogP contribution in [0.4, 0.5) is 0 Å². The lowest BCUT2D eigenvalue weighted by atomic mass is 9.82. The molecule has 2 bridgehead atoms. The van der Waals surface area contributed by atoms with Crippen molar-refractivity contribution in [3.63, 3.8) is 0 Å². The molecule has 0 heterocycles. The van der Waals surface area contributed by atoms with Gasteiger partial charge in [-0.1, -0.05) is 12.2 Å². The van der Waals surface area contributed by atoms with Gasteiger partial charge >= 0.3 is 11.9 Å². The molecule has 98 valence electrons. The number of nitrogens with one attached hydrogen (secondary N) is 1. The van der Waals surface area contributed by atoms with Crippen molar-refractivity contribution in [3.05, 3.63) is 12.2 Å². The van der Waals surface area contributed by atoms with E-state index in [9.17, 15) is 14.4 Å². The third-order valence-corrected chi connectivity index (χ3v) is 3.69. The summed E-state index contributed by atoms with van der Waals surface area (Å²) in [5.41, 5.74) is 0. The van der Waals surface area contributed by atoms with E-state index in [0.29, 0.717) is 6.42 Å². The molecule has 0 aromatic carbocycles. The molecule has 2 rings (SSSR count). The first-order valence-electron chi connectivity index (χ1n) is 5.91. The van der Waals surface area contributed by atoms with Crippen LogP contribution in [0.1, 0.15) is 12.8 Å². The minimum atomic E-state index is -0.988. The van der Waals surface area contributed by atoms with Crippen molar-refractivity contribution in [2.24, 2.45) is 23.7 Å². The van der Waals surface area contributed by atoms with Crippen molar-refractivity contribution in [1.82, 2.24) is 5.32 Å². The molecule has 0 spiro atoms. The van der Waals surface area contributed by atoms with E-state index in [1.807, 2.05) is 12.2 Å². The zero-order chi connectivity index (χ0) is 13.3. The number of carbonyl (C=O) groups is 3. The van der Waals surface area contributed by atoms with Gasteiger partial charge in [0.25, 0.3) is 0 Å². The van der Waals surface area contributed by atoms with Gasteiger partial charge in [-0.05, 0) is 18.3 Å². The number of rotatable bonds is 5. The lowest BCUT2D eigenvalue weighted by molar-refractivity contribution is -0.148. The Morgan fingerprint density at radius 3 is 2.28 bits per heavy atom. The molecular weight excluding hydrogens is 238 g/mol. The molecule has 2 unspecified atom stereocenters. The second-order valence-electron chi connectivity index (χ2n) is 4.77. The third-order valence-electron chi connectivity index (χ3n) is 3.69. The number of hydrogen-bond acceptors (Lipinski definition) is 3. The molecule has 4 atom stereocenters. The van der Waals surface area contributed by atoms with Gasteiger partial charge in [-0.15, -0.1) is 0 Å². The first kappa shape index (κ1) is 12.6. The fourth-order valence-electron chi connectivity index (χ4n) is 2.93. The quantitative estimate of drug-likeness (QED) is 0.603. The highest BCUT2D eigenvalue weighted by atomic mass is 16.4. The average Bonchev–Trinajstić information content (AvgIpc) is 2.87. The lowest BCUT2D eigenvalue weighted by Gasteiger charge is -2.23. The molecule has 6 nitrogen and oxygen atoms in total. The molecule has 0 saturated heterocycles. The molecule has 1 fully saturated rings. The van der Waals surface area contributed by atoms with Crippen molar-refractivity contribution in [2.75, 3.05) is 6.54 Å². The van der Waals surface area contributed by atoms with Gasteiger partial charge in [-0.2, -0.15) is 0 Å². The highest BCUT2D eigenvalue weighted by Crippen LogP contribution is 2.48. The average molecular weight is 253 g/mol. The van der Waals surface area contributed by atoms with E-state index >= 15 is 0 Å². The molecule has 0 radical (unpaired) electrons. The summed E-state index contributed by atoms with van der Waals surface area (Å²) in [7, 11) is 0. The summed E-state index contributed by atoms with van der Waals surface area (Å²) in [6, 6.07) is 0. The third kappa shape index (κ3) is 2.23. The largest absolute Gasteiger partial charge is 0.481 e. The Balaban J connectivity index is 1.98. The molecule has 3 N–H and O–H groups in total. The number of aliphatic carboxylic acids is 2. The van der Waals surface area contributed by atoms with E-state index in [2.05, 4.69) is 5.32 Å². The Morgan fingerprint density at radius 1 is 1.11 bits per heavy atom. The van der Waals surface area contributed by atoms with Crippen LogP contribution < -0.4 is 5.32 Å². The van der Waals surface area contributed by atoms with Crippen molar-refractivity contribution in [1.29, 1.82) is 0 Å². The minimum Gasteiger partial charge on any atom is -0.481 e. The van der Waals surface area contributed by atoms with Crippen LogP contribution in [0.5, 0.6) is 0 Å². The molecular formula is C12H15NO5. The molecule has 0 aromatic heterocycles. The summed E-state index contributed by atoms with van der Waals surface area (Å²) in [6.45, 7) is 0.0398.